The number of hydrogen-bond donors (Lipinski definition) is 0. The highest BCUT2D eigenvalue weighted by atomic mass is 16.5. The van der Waals surface area contributed by atoms with Gasteiger partial charge in [0.1, 0.15) is 0 Å². The molecule has 1 fully saturated rings. The van der Waals surface area contributed by atoms with E-state index in [0.29, 0.717) is 0 Å². The number of carbonyl (C=O) groups is 3. The highest BCUT2D eigenvalue weighted by Gasteiger charge is 2.42. The number of imide groups is 1. The molecule has 0 bridgehead atoms. The van der Waals surface area contributed by atoms with Crippen LogP contribution < -0.4 is 0 Å². The zero-order chi connectivity index (χ0) is 16.1. The van der Waals surface area contributed by atoms with Crippen molar-refractivity contribution >= 4 is 17.8 Å². The number of amides is 2. The molecule has 0 radical (unpaired) electrons. The molecule has 114 valence electrons. The molecule has 1 aliphatic heterocycles. The largest absolute Gasteiger partial charge is 0.462 e. The second-order valence-electron chi connectivity index (χ2n) is 4.87. The molecule has 2 rings (SSSR count). The molecule has 1 aromatic carbocycles. The Kier molecular flexibility index (Phi) is 4.92. The minimum absolute atomic E-state index is 0.0239. The van der Waals surface area contributed by atoms with Crippen LogP contribution in [0.15, 0.2) is 48.2 Å². The van der Waals surface area contributed by atoms with E-state index in [0.717, 1.165) is 10.5 Å². The van der Waals surface area contributed by atoms with Gasteiger partial charge in [-0.25, -0.2) is 4.79 Å². The fourth-order valence-electron chi connectivity index (χ4n) is 2.39. The van der Waals surface area contributed by atoms with Crippen LogP contribution in [0.4, 0.5) is 0 Å². The molecule has 0 aromatic heterocycles. The molecule has 0 spiro atoms. The summed E-state index contributed by atoms with van der Waals surface area (Å²) in [6.07, 6.45) is -0.0532. The van der Waals surface area contributed by atoms with Gasteiger partial charge in [-0.3, -0.25) is 14.5 Å². The molecular formula is C17H17NO4. The van der Waals surface area contributed by atoms with E-state index in [4.69, 9.17) is 4.74 Å². The monoisotopic (exact) mass is 299 g/mol. The van der Waals surface area contributed by atoms with Crippen molar-refractivity contribution in [3.05, 3.63) is 53.8 Å². The van der Waals surface area contributed by atoms with Crippen LogP contribution in [0.5, 0.6) is 0 Å². The van der Waals surface area contributed by atoms with E-state index in [-0.39, 0.29) is 31.1 Å². The summed E-state index contributed by atoms with van der Waals surface area (Å²) in [5.74, 6) is -2.22. The Labute approximate surface area is 128 Å². The lowest BCUT2D eigenvalue weighted by Crippen LogP contribution is -2.31. The zero-order valence-corrected chi connectivity index (χ0v) is 12.4. The van der Waals surface area contributed by atoms with E-state index < -0.39 is 17.8 Å². The van der Waals surface area contributed by atoms with E-state index in [1.165, 1.54) is 0 Å². The third kappa shape index (κ3) is 3.15. The maximum atomic E-state index is 12.4. The fraction of sp³-hybridized carbons (Fsp3) is 0.294. The highest BCUT2D eigenvalue weighted by Crippen LogP contribution is 2.28. The minimum atomic E-state index is -0.854. The van der Waals surface area contributed by atoms with E-state index in [1.807, 2.05) is 30.3 Å². The van der Waals surface area contributed by atoms with E-state index in [2.05, 4.69) is 12.3 Å². The lowest BCUT2D eigenvalue weighted by molar-refractivity contribution is -0.143. The fourth-order valence-corrected chi connectivity index (χ4v) is 2.39. The summed E-state index contributed by atoms with van der Waals surface area (Å²) in [7, 11) is 0. The quantitative estimate of drug-likeness (QED) is 0.360. The predicted molar refractivity (Wildman–Crippen MR) is 79.4 cm³/mol. The molecule has 0 saturated carbocycles. The number of nitrogens with zero attached hydrogens (tertiary/aromatic N) is 1. The first-order valence-corrected chi connectivity index (χ1v) is 7.03. The maximum absolute atomic E-state index is 12.4. The molecule has 1 aromatic rings. The van der Waals surface area contributed by atoms with Gasteiger partial charge in [-0.15, -0.1) is 5.73 Å². The molecule has 22 heavy (non-hydrogen) atoms. The number of carbonyl (C=O) groups excluding carboxylic acids is 3. The number of esters is 1. The molecule has 0 N–H and O–H groups in total. The second kappa shape index (κ2) is 6.87. The maximum Gasteiger partial charge on any atom is 0.342 e. The van der Waals surface area contributed by atoms with Crippen LogP contribution in [-0.2, 0) is 25.7 Å². The molecular weight excluding hydrogens is 282 g/mol. The third-order valence-electron chi connectivity index (χ3n) is 3.46. The molecule has 5 nitrogen and oxygen atoms in total. The molecule has 1 aliphatic rings. The second-order valence-corrected chi connectivity index (χ2v) is 4.87. The van der Waals surface area contributed by atoms with Crippen molar-refractivity contribution in [3.8, 4) is 0 Å². The van der Waals surface area contributed by atoms with Crippen molar-refractivity contribution in [2.24, 2.45) is 5.92 Å². The average Bonchev–Trinajstić information content (AvgIpc) is 2.78. The number of benzene rings is 1. The number of ether oxygens (including phenoxy) is 1. The molecule has 5 heteroatoms. The van der Waals surface area contributed by atoms with Crippen LogP contribution in [0.3, 0.4) is 0 Å². The molecule has 0 aliphatic carbocycles. The van der Waals surface area contributed by atoms with Crippen molar-refractivity contribution in [2.45, 2.75) is 19.9 Å². The van der Waals surface area contributed by atoms with E-state index in [9.17, 15) is 14.4 Å². The van der Waals surface area contributed by atoms with E-state index >= 15 is 0 Å². The van der Waals surface area contributed by atoms with Gasteiger partial charge in [0.05, 0.1) is 24.6 Å². The number of rotatable bonds is 5. The van der Waals surface area contributed by atoms with Crippen molar-refractivity contribution in [3.63, 3.8) is 0 Å². The summed E-state index contributed by atoms with van der Waals surface area (Å²) in [4.78, 5) is 37.5. The first kappa shape index (κ1) is 15.7. The summed E-state index contributed by atoms with van der Waals surface area (Å²) in [5, 5.41) is 0. The lowest BCUT2D eigenvalue weighted by atomic mass is 9.98. The topological polar surface area (TPSA) is 63.7 Å². The molecule has 1 atom stereocenters. The Bertz CT molecular complexity index is 644. The van der Waals surface area contributed by atoms with Crippen molar-refractivity contribution in [1.82, 2.24) is 4.90 Å². The third-order valence-corrected chi connectivity index (χ3v) is 3.46. The first-order valence-electron chi connectivity index (χ1n) is 7.03. The van der Waals surface area contributed by atoms with Gasteiger partial charge in [-0.2, -0.15) is 0 Å². The smallest absolute Gasteiger partial charge is 0.342 e. The Morgan fingerprint density at radius 3 is 2.64 bits per heavy atom. The zero-order valence-electron chi connectivity index (χ0n) is 12.4. The van der Waals surface area contributed by atoms with Crippen molar-refractivity contribution in [1.29, 1.82) is 0 Å². The summed E-state index contributed by atoms with van der Waals surface area (Å²) in [6.45, 7) is 5.48. The van der Waals surface area contributed by atoms with Gasteiger partial charge < -0.3 is 4.74 Å². The van der Waals surface area contributed by atoms with Gasteiger partial charge in [0, 0.05) is 6.42 Å². The standard InChI is InChI=1S/C17H17NO4/c1-3-13(17(21)22-4-2)14-10-15(19)18(16(14)20)11-12-8-6-5-7-9-12/h5-9,14H,1,4,10-11H2,2H3/t14-/m1/s1. The summed E-state index contributed by atoms with van der Waals surface area (Å²) >= 11 is 0. The normalized spacial score (nSPS) is 17.3. The van der Waals surface area contributed by atoms with Gasteiger partial charge in [-0.05, 0) is 12.5 Å². The first-order chi connectivity index (χ1) is 10.6. The highest BCUT2D eigenvalue weighted by molar-refractivity contribution is 6.09. The number of hydrogen-bond acceptors (Lipinski definition) is 4. The average molecular weight is 299 g/mol. The van der Waals surface area contributed by atoms with Crippen LogP contribution in [0.1, 0.15) is 18.9 Å². The molecule has 0 unspecified atom stereocenters. The van der Waals surface area contributed by atoms with Gasteiger partial charge in [0.25, 0.3) is 0 Å². The number of likely N-dealkylation sites (tertiary alicyclic amines) is 1. The van der Waals surface area contributed by atoms with Gasteiger partial charge in [0.15, 0.2) is 0 Å². The molecule has 1 saturated heterocycles. The van der Waals surface area contributed by atoms with Crippen LogP contribution in [0, 0.1) is 5.92 Å². The molecule has 1 heterocycles. The Balaban J connectivity index is 2.18. The van der Waals surface area contributed by atoms with Gasteiger partial charge in [-0.1, -0.05) is 36.9 Å². The minimum Gasteiger partial charge on any atom is -0.462 e. The Hall–Kier alpha value is -2.65. The van der Waals surface area contributed by atoms with Gasteiger partial charge in [0.2, 0.25) is 11.8 Å². The Morgan fingerprint density at radius 2 is 2.05 bits per heavy atom. The van der Waals surface area contributed by atoms with Crippen LogP contribution >= 0.6 is 0 Å². The van der Waals surface area contributed by atoms with Crippen molar-refractivity contribution < 1.29 is 19.1 Å². The summed E-state index contributed by atoms with van der Waals surface area (Å²) < 4.78 is 4.88. The van der Waals surface area contributed by atoms with Crippen LogP contribution in [0.2, 0.25) is 0 Å². The SMILES string of the molecule is C=C=C(C(=O)OCC)[C@H]1CC(=O)N(Cc2ccccc2)C1=O. The van der Waals surface area contributed by atoms with Crippen LogP contribution in [0.25, 0.3) is 0 Å². The van der Waals surface area contributed by atoms with E-state index in [1.54, 1.807) is 6.92 Å². The van der Waals surface area contributed by atoms with Crippen molar-refractivity contribution in [2.75, 3.05) is 6.61 Å². The summed E-state index contributed by atoms with van der Waals surface area (Å²) in [5.41, 5.74) is 3.33. The lowest BCUT2D eigenvalue weighted by Gasteiger charge is -2.15. The predicted octanol–water partition coefficient (Wildman–Crippen LogP) is 1.84. The van der Waals surface area contributed by atoms with Crippen LogP contribution in [-0.4, -0.2) is 29.3 Å². The van der Waals surface area contributed by atoms with Gasteiger partial charge >= 0.3 is 5.97 Å². The molecule has 2 amide bonds. The summed E-state index contributed by atoms with van der Waals surface area (Å²) in [6, 6.07) is 9.21. The Morgan fingerprint density at radius 1 is 1.36 bits per heavy atom.